The molecule has 0 radical (unpaired) electrons. The van der Waals surface area contributed by atoms with Gasteiger partial charge in [-0.15, -0.1) is 0 Å². The van der Waals surface area contributed by atoms with Crippen molar-refractivity contribution in [1.82, 2.24) is 5.32 Å². The van der Waals surface area contributed by atoms with Crippen LogP contribution >= 0.6 is 0 Å². The fourth-order valence-electron chi connectivity index (χ4n) is 7.67. The normalized spacial score (nSPS) is 46.5. The average molecular weight is 344 g/mol. The van der Waals surface area contributed by atoms with E-state index in [0.29, 0.717) is 16.9 Å². The van der Waals surface area contributed by atoms with Gasteiger partial charge in [0.1, 0.15) is 0 Å². The summed E-state index contributed by atoms with van der Waals surface area (Å²) in [5, 5.41) is 3.58. The van der Waals surface area contributed by atoms with Crippen molar-refractivity contribution in [2.24, 2.45) is 34.5 Å². The molecule has 3 aliphatic carbocycles. The van der Waals surface area contributed by atoms with Gasteiger partial charge in [0.25, 0.3) is 0 Å². The van der Waals surface area contributed by atoms with Crippen molar-refractivity contribution < 1.29 is 0 Å². The van der Waals surface area contributed by atoms with Crippen molar-refractivity contribution in [2.75, 3.05) is 7.05 Å². The quantitative estimate of drug-likeness (QED) is 0.612. The van der Waals surface area contributed by atoms with Gasteiger partial charge in [-0.3, -0.25) is 0 Å². The van der Waals surface area contributed by atoms with Crippen LogP contribution in [-0.4, -0.2) is 13.1 Å². The Bertz CT molecular complexity index is 520. The molecule has 1 nitrogen and oxygen atoms in total. The summed E-state index contributed by atoms with van der Waals surface area (Å²) in [5.74, 6) is 3.67. The highest BCUT2D eigenvalue weighted by Crippen LogP contribution is 2.66. The van der Waals surface area contributed by atoms with Crippen molar-refractivity contribution in [1.29, 1.82) is 0 Å². The summed E-state index contributed by atoms with van der Waals surface area (Å²) in [4.78, 5) is 0. The summed E-state index contributed by atoms with van der Waals surface area (Å²) in [6.07, 6.45) is 15.6. The number of allylic oxidation sites excluding steroid dienone is 3. The van der Waals surface area contributed by atoms with Gasteiger partial charge in [0.2, 0.25) is 0 Å². The van der Waals surface area contributed by atoms with Crippen LogP contribution in [0.25, 0.3) is 0 Å². The first-order valence-corrected chi connectivity index (χ1v) is 10.9. The summed E-state index contributed by atoms with van der Waals surface area (Å²) in [6, 6.07) is 0.661. The van der Waals surface area contributed by atoms with Crippen LogP contribution in [0, 0.1) is 34.5 Å². The maximum atomic E-state index is 4.00. The zero-order valence-corrected chi connectivity index (χ0v) is 17.4. The second-order valence-corrected chi connectivity index (χ2v) is 9.82. The molecule has 3 saturated carbocycles. The number of nitrogens with one attached hydrogen (secondary N) is 1. The number of fused-ring (bicyclic) bond motifs is 3. The third kappa shape index (κ3) is 2.95. The van der Waals surface area contributed by atoms with E-state index < -0.39 is 0 Å². The van der Waals surface area contributed by atoms with E-state index in [2.05, 4.69) is 52.7 Å². The molecule has 0 spiro atoms. The van der Waals surface area contributed by atoms with E-state index in [1.165, 1.54) is 51.4 Å². The Morgan fingerprint density at radius 3 is 2.60 bits per heavy atom. The Balaban J connectivity index is 1.90. The number of hydrogen-bond donors (Lipinski definition) is 1. The highest BCUT2D eigenvalue weighted by molar-refractivity contribution is 5.25. The van der Waals surface area contributed by atoms with Crippen LogP contribution < -0.4 is 5.32 Å². The van der Waals surface area contributed by atoms with Crippen molar-refractivity contribution in [3.63, 3.8) is 0 Å². The van der Waals surface area contributed by atoms with Gasteiger partial charge in [-0.25, -0.2) is 0 Å². The van der Waals surface area contributed by atoms with Gasteiger partial charge >= 0.3 is 0 Å². The van der Waals surface area contributed by atoms with Gasteiger partial charge in [-0.2, -0.15) is 0 Å². The van der Waals surface area contributed by atoms with Crippen LogP contribution in [0.3, 0.4) is 0 Å². The Hall–Kier alpha value is -0.560. The lowest BCUT2D eigenvalue weighted by atomic mass is 9.47. The van der Waals surface area contributed by atoms with Crippen LogP contribution in [0.4, 0.5) is 0 Å². The third-order valence-electron chi connectivity index (χ3n) is 8.96. The zero-order valence-electron chi connectivity index (χ0n) is 17.4. The molecule has 7 unspecified atom stereocenters. The van der Waals surface area contributed by atoms with Crippen LogP contribution in [0.1, 0.15) is 79.1 Å². The first kappa shape index (κ1) is 19.2. The fraction of sp³-hybridized carbons (Fsp3) is 0.833. The molecule has 7 atom stereocenters. The smallest absolute Gasteiger partial charge is 0.00693 e. The summed E-state index contributed by atoms with van der Waals surface area (Å²) in [5.41, 5.74) is 2.68. The first-order valence-electron chi connectivity index (χ1n) is 10.9. The van der Waals surface area contributed by atoms with Gasteiger partial charge in [0, 0.05) is 6.04 Å². The molecular formula is C24H41N. The predicted octanol–water partition coefficient (Wildman–Crippen LogP) is 6.37. The lowest BCUT2D eigenvalue weighted by molar-refractivity contribution is -0.0530. The summed E-state index contributed by atoms with van der Waals surface area (Å²) in [6.45, 7) is 14.0. The fourth-order valence-corrected chi connectivity index (χ4v) is 7.67. The molecule has 0 aliphatic heterocycles. The van der Waals surface area contributed by atoms with Crippen LogP contribution in [0.5, 0.6) is 0 Å². The maximum absolute atomic E-state index is 4.00. The molecule has 3 rings (SSSR count). The minimum atomic E-state index is 0.417. The van der Waals surface area contributed by atoms with Gasteiger partial charge < -0.3 is 5.32 Å². The monoisotopic (exact) mass is 343 g/mol. The van der Waals surface area contributed by atoms with E-state index in [0.717, 1.165) is 23.7 Å². The molecule has 3 aliphatic rings. The molecule has 0 saturated heterocycles. The average Bonchev–Trinajstić information content (AvgIpc) is 2.94. The molecule has 0 aromatic rings. The topological polar surface area (TPSA) is 12.0 Å². The molecule has 3 fully saturated rings. The van der Waals surface area contributed by atoms with E-state index in [1.807, 2.05) is 6.08 Å². The van der Waals surface area contributed by atoms with Gasteiger partial charge in [-0.05, 0) is 93.4 Å². The van der Waals surface area contributed by atoms with E-state index in [9.17, 15) is 0 Å². The van der Waals surface area contributed by atoms with Crippen LogP contribution in [0.2, 0.25) is 0 Å². The third-order valence-corrected chi connectivity index (χ3v) is 8.96. The maximum Gasteiger partial charge on any atom is 0.00693 e. The summed E-state index contributed by atoms with van der Waals surface area (Å²) < 4.78 is 0. The minimum Gasteiger partial charge on any atom is -0.317 e. The molecule has 0 bridgehead atoms. The van der Waals surface area contributed by atoms with E-state index in [-0.39, 0.29) is 0 Å². The number of rotatable bonds is 5. The predicted molar refractivity (Wildman–Crippen MR) is 110 cm³/mol. The summed E-state index contributed by atoms with van der Waals surface area (Å²) in [7, 11) is 2.15. The van der Waals surface area contributed by atoms with E-state index in [4.69, 9.17) is 0 Å². The molecule has 0 heterocycles. The molecule has 1 N–H and O–H groups in total. The van der Waals surface area contributed by atoms with Crippen LogP contribution in [-0.2, 0) is 0 Å². The van der Waals surface area contributed by atoms with E-state index in [1.54, 1.807) is 5.57 Å². The van der Waals surface area contributed by atoms with E-state index >= 15 is 0 Å². The van der Waals surface area contributed by atoms with Crippen LogP contribution in [0.15, 0.2) is 24.3 Å². The standard InChI is InChI=1S/C24H41N/c1-7-9-18-10-11-19-21-13-12-20(17(3)25-6)24(21,5)16-14-22(19)23(18,4)15-8-2/h7,9,17,19-22,25H,1,8,10-16H2,2-6H3/b18-9-. The van der Waals surface area contributed by atoms with Gasteiger partial charge in [-0.1, -0.05) is 51.5 Å². The Morgan fingerprint density at radius 1 is 1.20 bits per heavy atom. The Labute approximate surface area is 156 Å². The summed E-state index contributed by atoms with van der Waals surface area (Å²) >= 11 is 0. The van der Waals surface area contributed by atoms with Gasteiger partial charge in [0.15, 0.2) is 0 Å². The second-order valence-electron chi connectivity index (χ2n) is 9.82. The second kappa shape index (κ2) is 7.22. The minimum absolute atomic E-state index is 0.417. The highest BCUT2D eigenvalue weighted by atomic mass is 14.9. The zero-order chi connectivity index (χ0) is 18.2. The molecule has 25 heavy (non-hydrogen) atoms. The molecule has 142 valence electrons. The molecule has 0 aromatic heterocycles. The number of hydrogen-bond acceptors (Lipinski definition) is 1. The largest absolute Gasteiger partial charge is 0.317 e. The molecule has 0 aromatic carbocycles. The van der Waals surface area contributed by atoms with Crippen molar-refractivity contribution in [3.05, 3.63) is 24.3 Å². The lowest BCUT2D eigenvalue weighted by Crippen LogP contribution is -2.51. The lowest BCUT2D eigenvalue weighted by Gasteiger charge is -2.58. The van der Waals surface area contributed by atoms with Crippen molar-refractivity contribution in [3.8, 4) is 0 Å². The van der Waals surface area contributed by atoms with Crippen molar-refractivity contribution >= 4 is 0 Å². The Morgan fingerprint density at radius 2 is 1.96 bits per heavy atom. The van der Waals surface area contributed by atoms with Gasteiger partial charge in [0.05, 0.1) is 0 Å². The Kier molecular flexibility index (Phi) is 5.55. The highest BCUT2D eigenvalue weighted by Gasteiger charge is 2.58. The molecular weight excluding hydrogens is 302 g/mol. The first-order chi connectivity index (χ1) is 11.9. The molecule has 1 heteroatoms. The molecule has 0 amide bonds. The SMILES string of the molecule is C=C/C=C1/CCC2C(CCC3(C)C(C(C)NC)CCC23)C1(C)CCC. The van der Waals surface area contributed by atoms with Crippen molar-refractivity contribution in [2.45, 2.75) is 85.1 Å².